The fraction of sp³-hybridized carbons (Fsp3) is 0.588. The molecular weight excluding hydrogens is 268 g/mol. The lowest BCUT2D eigenvalue weighted by molar-refractivity contribution is -0.153. The second-order valence-electron chi connectivity index (χ2n) is 6.09. The Kier molecular flexibility index (Phi) is 5.01. The predicted octanol–water partition coefficient (Wildman–Crippen LogP) is 3.47. The lowest BCUT2D eigenvalue weighted by Crippen LogP contribution is -2.27. The van der Waals surface area contributed by atoms with E-state index in [0.29, 0.717) is 13.0 Å². The largest absolute Gasteiger partial charge is 0.458 e. The summed E-state index contributed by atoms with van der Waals surface area (Å²) < 4.78 is 17.0. The normalized spacial score (nSPS) is 23.5. The average molecular weight is 292 g/mol. The molecule has 4 nitrogen and oxygen atoms in total. The van der Waals surface area contributed by atoms with Crippen molar-refractivity contribution in [2.75, 3.05) is 6.61 Å². The van der Waals surface area contributed by atoms with Gasteiger partial charge in [-0.3, -0.25) is 4.79 Å². The maximum Gasteiger partial charge on any atom is 0.303 e. The Morgan fingerprint density at radius 2 is 2.05 bits per heavy atom. The number of carbonyl (C=O) groups excluding carboxylic acids is 1. The van der Waals surface area contributed by atoms with Gasteiger partial charge in [-0.1, -0.05) is 37.3 Å². The second-order valence-corrected chi connectivity index (χ2v) is 6.09. The first-order valence-electron chi connectivity index (χ1n) is 7.41. The SMILES string of the molecule is CC(=O)OC(CC(C)C1COC(C)(C)O1)c1ccccc1. The molecule has 0 radical (unpaired) electrons. The van der Waals surface area contributed by atoms with Gasteiger partial charge in [0.05, 0.1) is 12.7 Å². The molecule has 2 rings (SSSR count). The average Bonchev–Trinajstić information content (AvgIpc) is 2.79. The molecule has 1 aromatic rings. The molecule has 0 spiro atoms. The molecule has 0 amide bonds. The summed E-state index contributed by atoms with van der Waals surface area (Å²) in [4.78, 5) is 11.4. The van der Waals surface area contributed by atoms with Crippen LogP contribution in [0.3, 0.4) is 0 Å². The lowest BCUT2D eigenvalue weighted by Gasteiger charge is -2.25. The number of carbonyl (C=O) groups is 1. The Morgan fingerprint density at radius 1 is 1.38 bits per heavy atom. The highest BCUT2D eigenvalue weighted by atomic mass is 16.7. The van der Waals surface area contributed by atoms with Gasteiger partial charge in [-0.2, -0.15) is 0 Å². The van der Waals surface area contributed by atoms with Crippen molar-refractivity contribution in [3.05, 3.63) is 35.9 Å². The summed E-state index contributed by atoms with van der Waals surface area (Å²) in [7, 11) is 0. The van der Waals surface area contributed by atoms with Gasteiger partial charge in [-0.15, -0.1) is 0 Å². The van der Waals surface area contributed by atoms with Crippen LogP contribution in [0.4, 0.5) is 0 Å². The lowest BCUT2D eigenvalue weighted by atomic mass is 9.94. The van der Waals surface area contributed by atoms with Crippen LogP contribution in [0.25, 0.3) is 0 Å². The van der Waals surface area contributed by atoms with E-state index >= 15 is 0 Å². The summed E-state index contributed by atoms with van der Waals surface area (Å²) in [5, 5.41) is 0. The molecule has 0 bridgehead atoms. The molecular formula is C17H24O4. The van der Waals surface area contributed by atoms with Crippen LogP contribution in [0.2, 0.25) is 0 Å². The van der Waals surface area contributed by atoms with Crippen molar-refractivity contribution < 1.29 is 19.0 Å². The molecule has 1 aliphatic rings. The van der Waals surface area contributed by atoms with Crippen LogP contribution in [0.5, 0.6) is 0 Å². The summed E-state index contributed by atoms with van der Waals surface area (Å²) in [6, 6.07) is 9.82. The van der Waals surface area contributed by atoms with E-state index < -0.39 is 5.79 Å². The third-order valence-corrected chi connectivity index (χ3v) is 3.73. The molecule has 3 atom stereocenters. The molecule has 0 saturated carbocycles. The minimum absolute atomic E-state index is 0.0294. The van der Waals surface area contributed by atoms with E-state index in [1.165, 1.54) is 6.92 Å². The third-order valence-electron chi connectivity index (χ3n) is 3.73. The van der Waals surface area contributed by atoms with E-state index in [1.54, 1.807) is 0 Å². The van der Waals surface area contributed by atoms with Crippen LogP contribution in [-0.4, -0.2) is 24.5 Å². The van der Waals surface area contributed by atoms with Crippen LogP contribution in [0, 0.1) is 5.92 Å². The highest BCUT2D eigenvalue weighted by Gasteiger charge is 2.36. The topological polar surface area (TPSA) is 44.8 Å². The highest BCUT2D eigenvalue weighted by molar-refractivity contribution is 5.66. The standard InChI is InChI=1S/C17H24O4/c1-12(16-11-19-17(3,4)21-16)10-15(20-13(2)18)14-8-6-5-7-9-14/h5-9,12,15-16H,10-11H2,1-4H3. The van der Waals surface area contributed by atoms with Gasteiger partial charge in [0.1, 0.15) is 6.10 Å². The van der Waals surface area contributed by atoms with Crippen molar-refractivity contribution in [3.8, 4) is 0 Å². The maximum absolute atomic E-state index is 11.4. The summed E-state index contributed by atoms with van der Waals surface area (Å²) in [6.45, 7) is 7.96. The van der Waals surface area contributed by atoms with Crippen molar-refractivity contribution in [1.82, 2.24) is 0 Å². The number of esters is 1. The van der Waals surface area contributed by atoms with E-state index in [-0.39, 0.29) is 24.1 Å². The molecule has 1 fully saturated rings. The van der Waals surface area contributed by atoms with E-state index in [2.05, 4.69) is 6.92 Å². The van der Waals surface area contributed by atoms with Crippen molar-refractivity contribution in [2.45, 2.75) is 52.1 Å². The first kappa shape index (κ1) is 16.0. The minimum Gasteiger partial charge on any atom is -0.458 e. The first-order valence-corrected chi connectivity index (χ1v) is 7.41. The fourth-order valence-electron chi connectivity index (χ4n) is 2.61. The zero-order valence-electron chi connectivity index (χ0n) is 13.2. The van der Waals surface area contributed by atoms with Gasteiger partial charge in [0, 0.05) is 6.92 Å². The second kappa shape index (κ2) is 6.58. The van der Waals surface area contributed by atoms with Crippen molar-refractivity contribution >= 4 is 5.97 Å². The zero-order chi connectivity index (χ0) is 15.5. The molecule has 1 aliphatic heterocycles. The Morgan fingerprint density at radius 3 is 2.57 bits per heavy atom. The highest BCUT2D eigenvalue weighted by Crippen LogP contribution is 2.33. The molecule has 21 heavy (non-hydrogen) atoms. The van der Waals surface area contributed by atoms with Gasteiger partial charge in [0.25, 0.3) is 0 Å². The van der Waals surface area contributed by atoms with E-state index in [9.17, 15) is 4.79 Å². The van der Waals surface area contributed by atoms with Crippen molar-refractivity contribution in [3.63, 3.8) is 0 Å². The van der Waals surface area contributed by atoms with Gasteiger partial charge in [0.2, 0.25) is 0 Å². The van der Waals surface area contributed by atoms with Crippen molar-refractivity contribution in [2.24, 2.45) is 5.92 Å². The summed E-state index contributed by atoms with van der Waals surface area (Å²) in [6.07, 6.45) is 0.501. The predicted molar refractivity (Wildman–Crippen MR) is 79.6 cm³/mol. The van der Waals surface area contributed by atoms with Gasteiger partial charge >= 0.3 is 5.97 Å². The molecule has 4 heteroatoms. The Hall–Kier alpha value is -1.39. The Balaban J connectivity index is 2.03. The van der Waals surface area contributed by atoms with Gasteiger partial charge in [-0.25, -0.2) is 0 Å². The Labute approximate surface area is 126 Å². The van der Waals surface area contributed by atoms with Crippen molar-refractivity contribution in [1.29, 1.82) is 0 Å². The third kappa shape index (κ3) is 4.55. The number of hydrogen-bond donors (Lipinski definition) is 0. The molecule has 0 aliphatic carbocycles. The maximum atomic E-state index is 11.4. The number of hydrogen-bond acceptors (Lipinski definition) is 4. The molecule has 1 heterocycles. The Bertz CT molecular complexity index is 469. The quantitative estimate of drug-likeness (QED) is 0.780. The first-order chi connectivity index (χ1) is 9.87. The summed E-state index contributed by atoms with van der Waals surface area (Å²) in [5.74, 6) is -0.556. The minimum atomic E-state index is -0.525. The summed E-state index contributed by atoms with van der Waals surface area (Å²) in [5.41, 5.74) is 1.01. The number of ether oxygens (including phenoxy) is 3. The van der Waals surface area contributed by atoms with Gasteiger partial charge in [0.15, 0.2) is 5.79 Å². The molecule has 1 aromatic carbocycles. The van der Waals surface area contributed by atoms with E-state index in [1.807, 2.05) is 44.2 Å². The zero-order valence-corrected chi connectivity index (χ0v) is 13.2. The molecule has 0 aromatic heterocycles. The summed E-state index contributed by atoms with van der Waals surface area (Å²) >= 11 is 0. The smallest absolute Gasteiger partial charge is 0.303 e. The van der Waals surface area contributed by atoms with Gasteiger partial charge in [-0.05, 0) is 31.7 Å². The monoisotopic (exact) mass is 292 g/mol. The molecule has 3 unspecified atom stereocenters. The van der Waals surface area contributed by atoms with Crippen LogP contribution in [-0.2, 0) is 19.0 Å². The van der Waals surface area contributed by atoms with Crippen LogP contribution in [0.15, 0.2) is 30.3 Å². The van der Waals surface area contributed by atoms with Crippen LogP contribution in [0.1, 0.15) is 45.8 Å². The van der Waals surface area contributed by atoms with Gasteiger partial charge < -0.3 is 14.2 Å². The van der Waals surface area contributed by atoms with E-state index in [4.69, 9.17) is 14.2 Å². The van der Waals surface area contributed by atoms with Crippen LogP contribution >= 0.6 is 0 Å². The number of rotatable bonds is 5. The fourth-order valence-corrected chi connectivity index (χ4v) is 2.61. The molecule has 0 N–H and O–H groups in total. The van der Waals surface area contributed by atoms with Crippen LogP contribution < -0.4 is 0 Å². The molecule has 116 valence electrons. The van der Waals surface area contributed by atoms with E-state index in [0.717, 1.165) is 5.56 Å². The number of benzene rings is 1. The molecule has 1 saturated heterocycles.